The summed E-state index contributed by atoms with van der Waals surface area (Å²) < 4.78 is 0. The van der Waals surface area contributed by atoms with E-state index in [1.165, 1.54) is 70.6 Å². The first kappa shape index (κ1) is 20.9. The summed E-state index contributed by atoms with van der Waals surface area (Å²) in [5.41, 5.74) is 0. The largest absolute Gasteiger partial charge is 0.356 e. The number of hydrogen-bond acceptors (Lipinski definition) is 1. The first-order chi connectivity index (χ1) is 10.1. The molecule has 1 amide bonds. The third kappa shape index (κ3) is 14.6. The number of unbranched alkanes of at least 4 members (excludes halogenated alkanes) is 4. The molecule has 0 heterocycles. The lowest BCUT2D eigenvalue weighted by atomic mass is 9.94. The predicted molar refractivity (Wildman–Crippen MR) is 97.0 cm³/mol. The number of alkyl halides is 1. The highest BCUT2D eigenvalue weighted by Gasteiger charge is 2.11. The molecule has 0 saturated heterocycles. The van der Waals surface area contributed by atoms with Crippen LogP contribution in [0.1, 0.15) is 91.4 Å². The molecule has 0 bridgehead atoms. The zero-order chi connectivity index (χ0) is 15.9. The molecule has 0 aromatic rings. The minimum absolute atomic E-state index is 0.106. The summed E-state index contributed by atoms with van der Waals surface area (Å²) in [5.74, 6) is 0.770. The van der Waals surface area contributed by atoms with Crippen molar-refractivity contribution in [2.45, 2.75) is 96.2 Å². The molecular weight excluding hydrogens is 326 g/mol. The van der Waals surface area contributed by atoms with E-state index >= 15 is 0 Å². The summed E-state index contributed by atoms with van der Waals surface area (Å²) in [6.45, 7) is 6.98. The average Bonchev–Trinajstić information content (AvgIpc) is 2.46. The molecule has 0 rings (SSSR count). The van der Waals surface area contributed by atoms with Gasteiger partial charge in [0.25, 0.3) is 0 Å². The molecule has 2 nitrogen and oxygen atoms in total. The number of hydrogen-bond donors (Lipinski definition) is 1. The number of rotatable bonds is 14. The molecule has 0 aliphatic rings. The van der Waals surface area contributed by atoms with Crippen molar-refractivity contribution in [3.63, 3.8) is 0 Å². The molecule has 3 heteroatoms. The number of carbonyl (C=O) groups excluding carboxylic acids is 1. The van der Waals surface area contributed by atoms with Gasteiger partial charge in [0, 0.05) is 18.3 Å². The smallest absolute Gasteiger partial charge is 0.216 e. The quantitative estimate of drug-likeness (QED) is 0.306. The van der Waals surface area contributed by atoms with Gasteiger partial charge in [0.15, 0.2) is 0 Å². The Hall–Kier alpha value is -0.0500. The molecule has 0 spiro atoms. The normalized spacial score (nSPS) is 13.9. The van der Waals surface area contributed by atoms with E-state index in [4.69, 9.17) is 0 Å². The predicted octanol–water partition coefficient (Wildman–Crippen LogP) is 5.83. The standard InChI is InChI=1S/C18H36BrNO/c1-4-6-8-9-11-17(15-20-16(3)21)12-10-14-18(19)13-7-5-2/h17-18H,4-15H2,1-3H3,(H,20,21). The van der Waals surface area contributed by atoms with Crippen LogP contribution >= 0.6 is 15.9 Å². The van der Waals surface area contributed by atoms with Crippen LogP contribution in [0.5, 0.6) is 0 Å². The summed E-state index contributed by atoms with van der Waals surface area (Å²) in [6, 6.07) is 0. The van der Waals surface area contributed by atoms with Crippen LogP contribution in [0.2, 0.25) is 0 Å². The molecule has 1 N–H and O–H groups in total. The van der Waals surface area contributed by atoms with Gasteiger partial charge in [-0.05, 0) is 31.6 Å². The fourth-order valence-electron chi connectivity index (χ4n) is 2.69. The SMILES string of the molecule is CCCCCCC(CCCC(Br)CCCC)CNC(C)=O. The minimum Gasteiger partial charge on any atom is -0.356 e. The average molecular weight is 362 g/mol. The molecule has 0 radical (unpaired) electrons. The van der Waals surface area contributed by atoms with Crippen molar-refractivity contribution in [1.29, 1.82) is 0 Å². The van der Waals surface area contributed by atoms with Gasteiger partial charge >= 0.3 is 0 Å². The van der Waals surface area contributed by atoms with Crippen molar-refractivity contribution in [3.05, 3.63) is 0 Å². The summed E-state index contributed by atoms with van der Waals surface area (Å²) in [7, 11) is 0. The first-order valence-corrected chi connectivity index (χ1v) is 9.90. The second-order valence-electron chi connectivity index (χ2n) is 6.32. The second kappa shape index (κ2) is 14.9. The van der Waals surface area contributed by atoms with E-state index in [0.29, 0.717) is 10.7 Å². The molecule has 2 atom stereocenters. The molecule has 0 fully saturated rings. The van der Waals surface area contributed by atoms with E-state index in [1.807, 2.05) is 0 Å². The number of amides is 1. The fourth-order valence-corrected chi connectivity index (χ4v) is 3.34. The zero-order valence-electron chi connectivity index (χ0n) is 14.4. The van der Waals surface area contributed by atoms with Crippen molar-refractivity contribution in [2.24, 2.45) is 5.92 Å². The summed E-state index contributed by atoms with van der Waals surface area (Å²) in [4.78, 5) is 11.8. The van der Waals surface area contributed by atoms with E-state index in [1.54, 1.807) is 6.92 Å². The Bertz CT molecular complexity index is 245. The molecule has 0 aliphatic heterocycles. The van der Waals surface area contributed by atoms with E-state index in [9.17, 15) is 4.79 Å². The van der Waals surface area contributed by atoms with Crippen LogP contribution in [-0.2, 0) is 4.79 Å². The van der Waals surface area contributed by atoms with E-state index in [0.717, 1.165) is 6.54 Å². The number of nitrogens with one attached hydrogen (secondary N) is 1. The van der Waals surface area contributed by atoms with Crippen LogP contribution in [0.4, 0.5) is 0 Å². The zero-order valence-corrected chi connectivity index (χ0v) is 16.0. The van der Waals surface area contributed by atoms with Crippen molar-refractivity contribution in [1.82, 2.24) is 5.32 Å². The summed E-state index contributed by atoms with van der Waals surface area (Å²) in [6.07, 6.45) is 14.2. The Labute approximate surface area is 141 Å². The molecule has 0 aliphatic carbocycles. The monoisotopic (exact) mass is 361 g/mol. The second-order valence-corrected chi connectivity index (χ2v) is 7.62. The summed E-state index contributed by atoms with van der Waals surface area (Å²) >= 11 is 3.79. The van der Waals surface area contributed by atoms with Crippen LogP contribution in [0, 0.1) is 5.92 Å². The highest BCUT2D eigenvalue weighted by atomic mass is 79.9. The molecule has 126 valence electrons. The van der Waals surface area contributed by atoms with Crippen molar-refractivity contribution >= 4 is 21.8 Å². The van der Waals surface area contributed by atoms with Gasteiger partial charge in [0.1, 0.15) is 0 Å². The molecule has 0 aromatic heterocycles. The fraction of sp³-hybridized carbons (Fsp3) is 0.944. The van der Waals surface area contributed by atoms with Gasteiger partial charge in [0.2, 0.25) is 5.91 Å². The van der Waals surface area contributed by atoms with Crippen molar-refractivity contribution in [3.8, 4) is 0 Å². The Kier molecular flexibility index (Phi) is 14.8. The molecule has 21 heavy (non-hydrogen) atoms. The first-order valence-electron chi connectivity index (χ1n) is 8.98. The Balaban J connectivity index is 3.87. The number of carbonyl (C=O) groups is 1. The van der Waals surface area contributed by atoms with Crippen LogP contribution in [0.3, 0.4) is 0 Å². The Morgan fingerprint density at radius 3 is 2.14 bits per heavy atom. The molecular formula is C18H36BrNO. The third-order valence-corrected chi connectivity index (χ3v) is 5.02. The lowest BCUT2D eigenvalue weighted by molar-refractivity contribution is -0.119. The topological polar surface area (TPSA) is 29.1 Å². The maximum absolute atomic E-state index is 11.1. The van der Waals surface area contributed by atoms with Gasteiger partial charge < -0.3 is 5.32 Å². The lowest BCUT2D eigenvalue weighted by Crippen LogP contribution is -2.27. The summed E-state index contributed by atoms with van der Waals surface area (Å²) in [5, 5.41) is 3.01. The van der Waals surface area contributed by atoms with Gasteiger partial charge in [0.05, 0.1) is 0 Å². The van der Waals surface area contributed by atoms with E-state index < -0.39 is 0 Å². The van der Waals surface area contributed by atoms with Crippen LogP contribution in [-0.4, -0.2) is 17.3 Å². The number of halogens is 1. The maximum Gasteiger partial charge on any atom is 0.216 e. The van der Waals surface area contributed by atoms with Gasteiger partial charge in [-0.1, -0.05) is 74.7 Å². The van der Waals surface area contributed by atoms with Gasteiger partial charge in [-0.2, -0.15) is 0 Å². The van der Waals surface area contributed by atoms with Crippen molar-refractivity contribution in [2.75, 3.05) is 6.54 Å². The minimum atomic E-state index is 0.106. The van der Waals surface area contributed by atoms with E-state index in [2.05, 4.69) is 35.1 Å². The van der Waals surface area contributed by atoms with Crippen molar-refractivity contribution < 1.29 is 4.79 Å². The van der Waals surface area contributed by atoms with Gasteiger partial charge in [-0.25, -0.2) is 0 Å². The van der Waals surface area contributed by atoms with E-state index in [-0.39, 0.29) is 5.91 Å². The van der Waals surface area contributed by atoms with Gasteiger partial charge in [-0.3, -0.25) is 4.79 Å². The maximum atomic E-state index is 11.1. The van der Waals surface area contributed by atoms with Crippen LogP contribution < -0.4 is 5.32 Å². The molecule has 0 saturated carbocycles. The third-order valence-electron chi connectivity index (χ3n) is 4.11. The Morgan fingerprint density at radius 2 is 1.52 bits per heavy atom. The lowest BCUT2D eigenvalue weighted by Gasteiger charge is -2.18. The van der Waals surface area contributed by atoms with Crippen LogP contribution in [0.15, 0.2) is 0 Å². The van der Waals surface area contributed by atoms with Gasteiger partial charge in [-0.15, -0.1) is 0 Å². The highest BCUT2D eigenvalue weighted by molar-refractivity contribution is 9.09. The molecule has 0 aromatic carbocycles. The highest BCUT2D eigenvalue weighted by Crippen LogP contribution is 2.21. The molecule has 2 unspecified atom stereocenters. The van der Waals surface area contributed by atoms with Crippen LogP contribution in [0.25, 0.3) is 0 Å². The Morgan fingerprint density at radius 1 is 0.905 bits per heavy atom.